The van der Waals surface area contributed by atoms with E-state index in [-0.39, 0.29) is 17.4 Å². The van der Waals surface area contributed by atoms with Crippen molar-refractivity contribution in [2.45, 2.75) is 39.0 Å². The highest BCUT2D eigenvalue weighted by Gasteiger charge is 2.45. The second kappa shape index (κ2) is 10.1. The lowest BCUT2D eigenvalue weighted by Crippen LogP contribution is -2.31. The summed E-state index contributed by atoms with van der Waals surface area (Å²) in [5, 5.41) is 11.7. The highest BCUT2D eigenvalue weighted by molar-refractivity contribution is 6.46. The molecule has 3 aromatic rings. The summed E-state index contributed by atoms with van der Waals surface area (Å²) in [6, 6.07) is 13.1. The van der Waals surface area contributed by atoms with Crippen LogP contribution < -0.4 is 4.74 Å². The topological polar surface area (TPSA) is 84.7 Å². The molecule has 1 saturated heterocycles. The van der Waals surface area contributed by atoms with E-state index >= 15 is 0 Å². The SMILES string of the molecule is CC(C)Oc1ccc(/C(O)=C2\C(=O)C(=O)N(CCCn3ccnc3)[C@@H]2c2cccc(Cl)c2)cc1. The summed E-state index contributed by atoms with van der Waals surface area (Å²) in [6.07, 6.45) is 5.86. The number of hydrogen-bond donors (Lipinski definition) is 1. The van der Waals surface area contributed by atoms with Crippen LogP contribution in [0.4, 0.5) is 0 Å². The number of aromatic nitrogens is 2. The predicted octanol–water partition coefficient (Wildman–Crippen LogP) is 4.84. The average molecular weight is 480 g/mol. The second-order valence-electron chi connectivity index (χ2n) is 8.39. The van der Waals surface area contributed by atoms with E-state index < -0.39 is 17.7 Å². The summed E-state index contributed by atoms with van der Waals surface area (Å²) >= 11 is 6.23. The molecule has 1 aromatic heterocycles. The van der Waals surface area contributed by atoms with Gasteiger partial charge >= 0.3 is 0 Å². The van der Waals surface area contributed by atoms with Gasteiger partial charge in [0.2, 0.25) is 0 Å². The Balaban J connectivity index is 1.70. The van der Waals surface area contributed by atoms with Crippen molar-refractivity contribution in [3.05, 3.63) is 89.0 Å². The number of halogens is 1. The number of likely N-dealkylation sites (tertiary alicyclic amines) is 1. The third-order valence-corrected chi connectivity index (χ3v) is 5.81. The van der Waals surface area contributed by atoms with Crippen LogP contribution in [-0.2, 0) is 16.1 Å². The van der Waals surface area contributed by atoms with Crippen molar-refractivity contribution in [1.82, 2.24) is 14.5 Å². The van der Waals surface area contributed by atoms with Crippen LogP contribution in [0.1, 0.15) is 37.4 Å². The lowest BCUT2D eigenvalue weighted by molar-refractivity contribution is -0.139. The van der Waals surface area contributed by atoms with Crippen molar-refractivity contribution >= 4 is 29.1 Å². The third kappa shape index (κ3) is 4.99. The maximum Gasteiger partial charge on any atom is 0.295 e. The predicted molar refractivity (Wildman–Crippen MR) is 130 cm³/mol. The van der Waals surface area contributed by atoms with Crippen LogP contribution in [0.2, 0.25) is 5.02 Å². The number of aryl methyl sites for hydroxylation is 1. The first-order valence-electron chi connectivity index (χ1n) is 11.1. The van der Waals surface area contributed by atoms with E-state index in [1.807, 2.05) is 24.6 Å². The van der Waals surface area contributed by atoms with Gasteiger partial charge < -0.3 is 19.3 Å². The molecule has 1 amide bonds. The van der Waals surface area contributed by atoms with Crippen molar-refractivity contribution < 1.29 is 19.4 Å². The molecule has 34 heavy (non-hydrogen) atoms. The van der Waals surface area contributed by atoms with E-state index in [2.05, 4.69) is 4.98 Å². The smallest absolute Gasteiger partial charge is 0.295 e. The van der Waals surface area contributed by atoms with Gasteiger partial charge in [-0.1, -0.05) is 23.7 Å². The van der Waals surface area contributed by atoms with Crippen LogP contribution in [0.5, 0.6) is 5.75 Å². The van der Waals surface area contributed by atoms with Crippen molar-refractivity contribution in [2.75, 3.05) is 6.54 Å². The van der Waals surface area contributed by atoms with Crippen molar-refractivity contribution in [2.24, 2.45) is 0 Å². The normalized spacial score (nSPS) is 17.5. The highest BCUT2D eigenvalue weighted by atomic mass is 35.5. The van der Waals surface area contributed by atoms with Gasteiger partial charge in [0.05, 0.1) is 24.0 Å². The van der Waals surface area contributed by atoms with Gasteiger partial charge in [-0.2, -0.15) is 0 Å². The molecular weight excluding hydrogens is 454 g/mol. The largest absolute Gasteiger partial charge is 0.507 e. The molecule has 0 saturated carbocycles. The molecule has 0 radical (unpaired) electrons. The molecule has 2 aromatic carbocycles. The monoisotopic (exact) mass is 479 g/mol. The van der Waals surface area contributed by atoms with Crippen LogP contribution in [0.15, 0.2) is 72.8 Å². The van der Waals surface area contributed by atoms with Gasteiger partial charge in [-0.25, -0.2) is 4.98 Å². The van der Waals surface area contributed by atoms with Crippen LogP contribution in [0.25, 0.3) is 5.76 Å². The maximum atomic E-state index is 13.1. The molecule has 1 aliphatic rings. The molecular formula is C26H26ClN3O4. The molecule has 0 bridgehead atoms. The number of carbonyl (C=O) groups is 2. The molecule has 0 unspecified atom stereocenters. The number of ether oxygens (including phenoxy) is 1. The third-order valence-electron chi connectivity index (χ3n) is 5.58. The summed E-state index contributed by atoms with van der Waals surface area (Å²) in [7, 11) is 0. The fourth-order valence-corrected chi connectivity index (χ4v) is 4.29. The summed E-state index contributed by atoms with van der Waals surface area (Å²) in [6.45, 7) is 4.82. The molecule has 1 atom stereocenters. The van der Waals surface area contributed by atoms with E-state index in [4.69, 9.17) is 16.3 Å². The standard InChI is InChI=1S/C26H26ClN3O4/c1-17(2)34-21-9-7-18(8-10-21)24(31)22-23(19-5-3-6-20(27)15-19)30(26(33)25(22)32)13-4-12-29-14-11-28-16-29/h3,5-11,14-17,23,31H,4,12-13H2,1-2H3/b24-22+/t23-/m1/s1. The Bertz CT molecular complexity index is 1200. The quantitative estimate of drug-likeness (QED) is 0.284. The molecule has 1 N–H and O–H groups in total. The number of benzene rings is 2. The van der Waals surface area contributed by atoms with Crippen LogP contribution in [0.3, 0.4) is 0 Å². The minimum atomic E-state index is -0.743. The summed E-state index contributed by atoms with van der Waals surface area (Å²) in [5.41, 5.74) is 1.14. The number of aliphatic hydroxyl groups excluding tert-OH is 1. The van der Waals surface area contributed by atoms with E-state index in [1.54, 1.807) is 61.1 Å². The zero-order valence-corrected chi connectivity index (χ0v) is 19.8. The van der Waals surface area contributed by atoms with Gasteiger partial charge in [0.15, 0.2) is 0 Å². The Labute approximate surface area is 203 Å². The first-order valence-corrected chi connectivity index (χ1v) is 11.5. The fourth-order valence-electron chi connectivity index (χ4n) is 4.10. The fraction of sp³-hybridized carbons (Fsp3) is 0.269. The molecule has 176 valence electrons. The van der Waals surface area contributed by atoms with Crippen LogP contribution >= 0.6 is 11.6 Å². The van der Waals surface area contributed by atoms with Gasteiger partial charge in [0.1, 0.15) is 11.5 Å². The van der Waals surface area contributed by atoms with Gasteiger partial charge in [0.25, 0.3) is 11.7 Å². The van der Waals surface area contributed by atoms with E-state index in [0.29, 0.717) is 41.4 Å². The zero-order chi connectivity index (χ0) is 24.2. The Morgan fingerprint density at radius 1 is 1.15 bits per heavy atom. The molecule has 2 heterocycles. The molecule has 0 aliphatic carbocycles. The first kappa shape index (κ1) is 23.6. The minimum Gasteiger partial charge on any atom is -0.507 e. The van der Waals surface area contributed by atoms with E-state index in [1.165, 1.54) is 4.90 Å². The van der Waals surface area contributed by atoms with Gasteiger partial charge in [-0.05, 0) is 62.2 Å². The Morgan fingerprint density at radius 3 is 2.56 bits per heavy atom. The number of aliphatic hydroxyl groups is 1. The maximum absolute atomic E-state index is 13.1. The molecule has 0 spiro atoms. The lowest BCUT2D eigenvalue weighted by atomic mass is 9.95. The number of hydrogen-bond acceptors (Lipinski definition) is 5. The Kier molecular flexibility index (Phi) is 7.03. The number of imidazole rings is 1. The molecule has 4 rings (SSSR count). The Morgan fingerprint density at radius 2 is 1.91 bits per heavy atom. The van der Waals surface area contributed by atoms with Crippen molar-refractivity contribution in [3.8, 4) is 5.75 Å². The summed E-state index contributed by atoms with van der Waals surface area (Å²) in [5.74, 6) is -0.932. The van der Waals surface area contributed by atoms with Gasteiger partial charge in [-0.3, -0.25) is 9.59 Å². The van der Waals surface area contributed by atoms with Crippen LogP contribution in [0, 0.1) is 0 Å². The highest BCUT2D eigenvalue weighted by Crippen LogP contribution is 2.40. The molecule has 1 fully saturated rings. The number of amides is 1. The zero-order valence-electron chi connectivity index (χ0n) is 19.0. The first-order chi connectivity index (χ1) is 16.3. The van der Waals surface area contributed by atoms with E-state index in [0.717, 1.165) is 0 Å². The van der Waals surface area contributed by atoms with Gasteiger partial charge in [0, 0.05) is 36.1 Å². The lowest BCUT2D eigenvalue weighted by Gasteiger charge is -2.25. The van der Waals surface area contributed by atoms with Gasteiger partial charge in [-0.15, -0.1) is 0 Å². The number of ketones is 1. The molecule has 1 aliphatic heterocycles. The summed E-state index contributed by atoms with van der Waals surface area (Å²) < 4.78 is 7.57. The van der Waals surface area contributed by atoms with Crippen molar-refractivity contribution in [1.29, 1.82) is 0 Å². The second-order valence-corrected chi connectivity index (χ2v) is 8.83. The summed E-state index contributed by atoms with van der Waals surface area (Å²) in [4.78, 5) is 31.7. The number of carbonyl (C=O) groups excluding carboxylic acids is 2. The number of rotatable bonds is 8. The molecule has 8 heteroatoms. The Hall–Kier alpha value is -3.58. The van der Waals surface area contributed by atoms with Crippen molar-refractivity contribution in [3.63, 3.8) is 0 Å². The number of Topliss-reactive ketones (excluding diaryl/α,β-unsaturated/α-hetero) is 1. The minimum absolute atomic E-state index is 0.00919. The molecule has 7 nitrogen and oxygen atoms in total. The number of nitrogens with zero attached hydrogens (tertiary/aromatic N) is 3. The van der Waals surface area contributed by atoms with E-state index in [9.17, 15) is 14.7 Å². The average Bonchev–Trinajstić information content (AvgIpc) is 3.41. The van der Waals surface area contributed by atoms with Crippen LogP contribution in [-0.4, -0.2) is 43.9 Å².